The zero-order valence-electron chi connectivity index (χ0n) is 14.3. The molecule has 2 aromatic carbocycles. The first-order chi connectivity index (χ1) is 12.9. The monoisotopic (exact) mass is 403 g/mol. The van der Waals surface area contributed by atoms with Crippen molar-refractivity contribution in [3.05, 3.63) is 59.2 Å². The van der Waals surface area contributed by atoms with Crippen molar-refractivity contribution in [3.63, 3.8) is 0 Å². The smallest absolute Gasteiger partial charge is 0.416 e. The molecule has 3 rings (SSSR count). The van der Waals surface area contributed by atoms with Gasteiger partial charge in [0.15, 0.2) is 0 Å². The average Bonchev–Trinajstić information content (AvgIpc) is 2.56. The summed E-state index contributed by atoms with van der Waals surface area (Å²) in [4.78, 5) is 12.7. The van der Waals surface area contributed by atoms with Gasteiger partial charge in [0.25, 0.3) is 0 Å². The van der Waals surface area contributed by atoms with Gasteiger partial charge in [-0.05, 0) is 34.9 Å². The molecule has 0 spiro atoms. The Morgan fingerprint density at radius 1 is 0.893 bits per heavy atom. The Morgan fingerprint density at radius 2 is 1.39 bits per heavy atom. The van der Waals surface area contributed by atoms with E-state index in [2.05, 4.69) is 0 Å². The molecule has 1 saturated heterocycles. The van der Waals surface area contributed by atoms with E-state index in [1.165, 1.54) is 12.1 Å². The molecule has 0 aromatic heterocycles. The van der Waals surface area contributed by atoms with E-state index in [-0.39, 0.29) is 17.2 Å². The van der Waals surface area contributed by atoms with Crippen LogP contribution < -0.4 is 0 Å². The molecule has 150 valence electrons. The van der Waals surface area contributed by atoms with E-state index < -0.39 is 35.4 Å². The number of halogens is 6. The summed E-state index contributed by atoms with van der Waals surface area (Å²) in [5.41, 5.74) is -1.88. The zero-order valence-corrected chi connectivity index (χ0v) is 14.3. The van der Waals surface area contributed by atoms with Crippen LogP contribution in [0, 0.1) is 5.92 Å². The van der Waals surface area contributed by atoms with Crippen molar-refractivity contribution in [1.82, 2.24) is 4.90 Å². The third kappa shape index (κ3) is 4.46. The first kappa shape index (κ1) is 20.2. The highest BCUT2D eigenvalue weighted by Crippen LogP contribution is 2.38. The molecule has 0 bridgehead atoms. The van der Waals surface area contributed by atoms with Gasteiger partial charge in [0.1, 0.15) is 0 Å². The first-order valence-corrected chi connectivity index (χ1v) is 8.27. The summed E-state index contributed by atoms with van der Waals surface area (Å²) < 4.78 is 77.9. The molecule has 2 aromatic rings. The standard InChI is InChI=1S/C19H15F6NO2/c20-18(21,22)15-5-13(6-16(7-15)19(23,24)25)12-3-1-11(2-4-12)8-26-9-14(10-26)17(27)28/h1-7,14H,8-10H2,(H,27,28). The second-order valence-electron chi connectivity index (χ2n) is 6.72. The van der Waals surface area contributed by atoms with E-state index in [0.29, 0.717) is 31.8 Å². The number of carboxylic acid groups (broad SMARTS) is 1. The molecular formula is C19H15F6NO2. The van der Waals surface area contributed by atoms with Crippen LogP contribution in [0.25, 0.3) is 11.1 Å². The molecular weight excluding hydrogens is 388 g/mol. The Morgan fingerprint density at radius 3 is 1.82 bits per heavy atom. The van der Waals surface area contributed by atoms with Crippen molar-refractivity contribution in [1.29, 1.82) is 0 Å². The topological polar surface area (TPSA) is 40.5 Å². The van der Waals surface area contributed by atoms with Crippen molar-refractivity contribution in [2.45, 2.75) is 18.9 Å². The van der Waals surface area contributed by atoms with E-state index in [0.717, 1.165) is 5.56 Å². The van der Waals surface area contributed by atoms with E-state index in [4.69, 9.17) is 5.11 Å². The van der Waals surface area contributed by atoms with Crippen LogP contribution in [-0.4, -0.2) is 29.1 Å². The molecule has 0 aliphatic carbocycles. The number of likely N-dealkylation sites (tertiary alicyclic amines) is 1. The van der Waals surface area contributed by atoms with Gasteiger partial charge in [-0.15, -0.1) is 0 Å². The predicted octanol–water partition coefficient (Wildman–Crippen LogP) is 4.91. The summed E-state index contributed by atoms with van der Waals surface area (Å²) in [5.74, 6) is -1.28. The second kappa shape index (κ2) is 7.12. The van der Waals surface area contributed by atoms with Gasteiger partial charge in [-0.25, -0.2) is 0 Å². The summed E-state index contributed by atoms with van der Waals surface area (Å²) in [6.45, 7) is 1.26. The molecule has 0 radical (unpaired) electrons. The second-order valence-corrected chi connectivity index (χ2v) is 6.72. The molecule has 1 aliphatic rings. The largest absolute Gasteiger partial charge is 0.481 e. The molecule has 1 fully saturated rings. The lowest BCUT2D eigenvalue weighted by atomic mass is 9.97. The number of nitrogens with zero attached hydrogens (tertiary/aromatic N) is 1. The molecule has 1 heterocycles. The molecule has 1 aliphatic heterocycles. The molecule has 1 N–H and O–H groups in total. The van der Waals surface area contributed by atoms with Gasteiger partial charge >= 0.3 is 18.3 Å². The fourth-order valence-corrected chi connectivity index (χ4v) is 3.04. The Bertz CT molecular complexity index is 835. The predicted molar refractivity (Wildman–Crippen MR) is 88.3 cm³/mol. The van der Waals surface area contributed by atoms with Crippen molar-refractivity contribution in [2.75, 3.05) is 13.1 Å². The number of carboxylic acids is 1. The van der Waals surface area contributed by atoms with Crippen LogP contribution >= 0.6 is 0 Å². The van der Waals surface area contributed by atoms with E-state index in [9.17, 15) is 31.1 Å². The lowest BCUT2D eigenvalue weighted by Gasteiger charge is -2.36. The maximum Gasteiger partial charge on any atom is 0.416 e. The number of alkyl halides is 6. The van der Waals surface area contributed by atoms with Crippen LogP contribution in [0.1, 0.15) is 16.7 Å². The molecule has 3 nitrogen and oxygen atoms in total. The highest BCUT2D eigenvalue weighted by atomic mass is 19.4. The lowest BCUT2D eigenvalue weighted by Crippen LogP contribution is -2.49. The molecule has 28 heavy (non-hydrogen) atoms. The van der Waals surface area contributed by atoms with E-state index in [1.54, 1.807) is 12.1 Å². The minimum atomic E-state index is -4.89. The first-order valence-electron chi connectivity index (χ1n) is 8.27. The Hall–Kier alpha value is -2.55. The third-order valence-corrected chi connectivity index (χ3v) is 4.59. The fourth-order valence-electron chi connectivity index (χ4n) is 3.04. The molecule has 0 unspecified atom stereocenters. The van der Waals surface area contributed by atoms with Gasteiger partial charge in [-0.3, -0.25) is 9.69 Å². The zero-order chi connectivity index (χ0) is 20.7. The van der Waals surface area contributed by atoms with Gasteiger partial charge in [-0.2, -0.15) is 26.3 Å². The summed E-state index contributed by atoms with van der Waals surface area (Å²) in [6, 6.07) is 7.61. The van der Waals surface area contributed by atoms with Crippen molar-refractivity contribution >= 4 is 5.97 Å². The van der Waals surface area contributed by atoms with Crippen LogP contribution in [0.15, 0.2) is 42.5 Å². The number of benzene rings is 2. The summed E-state index contributed by atoms with van der Waals surface area (Å²) >= 11 is 0. The maximum absolute atomic E-state index is 13.0. The normalized spacial score (nSPS) is 16.1. The highest BCUT2D eigenvalue weighted by molar-refractivity contribution is 5.71. The minimum Gasteiger partial charge on any atom is -0.481 e. The van der Waals surface area contributed by atoms with Crippen LogP contribution in [0.4, 0.5) is 26.3 Å². The van der Waals surface area contributed by atoms with Crippen LogP contribution in [0.2, 0.25) is 0 Å². The summed E-state index contributed by atoms with van der Waals surface area (Å²) in [6.07, 6.45) is -9.79. The SMILES string of the molecule is O=C(O)C1CN(Cc2ccc(-c3cc(C(F)(F)F)cc(C(F)(F)F)c3)cc2)C1. The average molecular weight is 403 g/mol. The van der Waals surface area contributed by atoms with Crippen molar-refractivity contribution in [2.24, 2.45) is 5.92 Å². The Kier molecular flexibility index (Phi) is 5.14. The van der Waals surface area contributed by atoms with Crippen molar-refractivity contribution < 1.29 is 36.2 Å². The maximum atomic E-state index is 13.0. The summed E-state index contributed by atoms with van der Waals surface area (Å²) in [5, 5.41) is 8.85. The fraction of sp³-hybridized carbons (Fsp3) is 0.316. The Balaban J connectivity index is 1.82. The molecule has 0 saturated carbocycles. The molecule has 0 atom stereocenters. The van der Waals surface area contributed by atoms with Crippen LogP contribution in [0.3, 0.4) is 0 Å². The van der Waals surface area contributed by atoms with Gasteiger partial charge in [0, 0.05) is 19.6 Å². The number of hydrogen-bond donors (Lipinski definition) is 1. The molecule has 9 heteroatoms. The highest BCUT2D eigenvalue weighted by Gasteiger charge is 2.37. The van der Waals surface area contributed by atoms with Gasteiger partial charge < -0.3 is 5.11 Å². The lowest BCUT2D eigenvalue weighted by molar-refractivity contribution is -0.148. The minimum absolute atomic E-state index is 0.0978. The Labute approximate surface area is 156 Å². The van der Waals surface area contributed by atoms with Crippen LogP contribution in [0.5, 0.6) is 0 Å². The quantitative estimate of drug-likeness (QED) is 0.738. The number of aliphatic carboxylic acids is 1. The number of carbonyl (C=O) groups is 1. The van der Waals surface area contributed by atoms with Gasteiger partial charge in [0.2, 0.25) is 0 Å². The van der Waals surface area contributed by atoms with Crippen LogP contribution in [-0.2, 0) is 23.7 Å². The summed E-state index contributed by atoms with van der Waals surface area (Å²) in [7, 11) is 0. The van der Waals surface area contributed by atoms with Crippen molar-refractivity contribution in [3.8, 4) is 11.1 Å². The van der Waals surface area contributed by atoms with E-state index in [1.807, 2.05) is 4.90 Å². The van der Waals surface area contributed by atoms with E-state index >= 15 is 0 Å². The van der Waals surface area contributed by atoms with Gasteiger partial charge in [-0.1, -0.05) is 24.3 Å². The van der Waals surface area contributed by atoms with Gasteiger partial charge in [0.05, 0.1) is 17.0 Å². The third-order valence-electron chi connectivity index (χ3n) is 4.59. The number of hydrogen-bond acceptors (Lipinski definition) is 2. The number of rotatable bonds is 4. The molecule has 0 amide bonds.